The van der Waals surface area contributed by atoms with E-state index in [1.54, 1.807) is 7.11 Å². The van der Waals surface area contributed by atoms with Crippen LogP contribution in [0.15, 0.2) is 6.33 Å². The fraction of sp³-hybridized carbons (Fsp3) is 0.636. The molecule has 0 radical (unpaired) electrons. The summed E-state index contributed by atoms with van der Waals surface area (Å²) in [7, 11) is 1.71. The summed E-state index contributed by atoms with van der Waals surface area (Å²) in [6, 6.07) is 0. The number of methoxy groups -OCH3 is 1. The second kappa shape index (κ2) is 6.25. The second-order valence-corrected chi connectivity index (χ2v) is 3.94. The average Bonchev–Trinajstić information content (AvgIpc) is 2.80. The van der Waals surface area contributed by atoms with Gasteiger partial charge in [0.15, 0.2) is 17.0 Å². The van der Waals surface area contributed by atoms with Gasteiger partial charge in [0.2, 0.25) is 0 Å². The molecule has 0 atom stereocenters. The number of aryl methyl sites for hydroxylation is 1. The number of nitrogens with zero attached hydrogens (tertiary/aromatic N) is 5. The van der Waals surface area contributed by atoms with Crippen LogP contribution in [0.25, 0.3) is 11.2 Å². The number of anilines is 1. The highest BCUT2D eigenvalue weighted by Crippen LogP contribution is 2.15. The van der Waals surface area contributed by atoms with Crippen LogP contribution < -0.4 is 5.32 Å². The number of nitrogens with one attached hydrogen (secondary N) is 1. The molecule has 2 rings (SSSR count). The van der Waals surface area contributed by atoms with Crippen molar-refractivity contribution in [2.45, 2.75) is 26.3 Å². The third-order valence-corrected chi connectivity index (χ3v) is 2.61. The number of rotatable bonds is 7. The summed E-state index contributed by atoms with van der Waals surface area (Å²) < 4.78 is 6.83. The van der Waals surface area contributed by atoms with Gasteiger partial charge < -0.3 is 10.1 Å². The van der Waals surface area contributed by atoms with Gasteiger partial charge in [-0.3, -0.25) is 0 Å². The molecule has 0 saturated heterocycles. The van der Waals surface area contributed by atoms with Crippen LogP contribution in [0.4, 0.5) is 5.82 Å². The van der Waals surface area contributed by atoms with Crippen LogP contribution in [0.5, 0.6) is 0 Å². The summed E-state index contributed by atoms with van der Waals surface area (Å²) in [5.74, 6) is 0.741. The molecule has 18 heavy (non-hydrogen) atoms. The molecule has 0 unspecified atom stereocenters. The first kappa shape index (κ1) is 12.7. The predicted octanol–water partition coefficient (Wildman–Crippen LogP) is 1.08. The van der Waals surface area contributed by atoms with Crippen molar-refractivity contribution >= 4 is 17.0 Å². The SMILES string of the molecule is CCNc1ncnc2c1nnn2CCCCOC. The minimum absolute atomic E-state index is 0.728. The van der Waals surface area contributed by atoms with Gasteiger partial charge >= 0.3 is 0 Å². The summed E-state index contributed by atoms with van der Waals surface area (Å²) in [5.41, 5.74) is 1.50. The van der Waals surface area contributed by atoms with Crippen molar-refractivity contribution in [2.75, 3.05) is 25.6 Å². The third-order valence-electron chi connectivity index (χ3n) is 2.61. The van der Waals surface area contributed by atoms with Crippen molar-refractivity contribution in [1.29, 1.82) is 0 Å². The quantitative estimate of drug-likeness (QED) is 0.741. The first-order chi connectivity index (χ1) is 8.86. The minimum atomic E-state index is 0.728. The number of ether oxygens (including phenoxy) is 1. The number of aromatic nitrogens is 5. The predicted molar refractivity (Wildman–Crippen MR) is 68.4 cm³/mol. The van der Waals surface area contributed by atoms with Crippen molar-refractivity contribution in [2.24, 2.45) is 0 Å². The van der Waals surface area contributed by atoms with E-state index in [1.165, 1.54) is 6.33 Å². The van der Waals surface area contributed by atoms with Crippen LogP contribution in [0, 0.1) is 0 Å². The van der Waals surface area contributed by atoms with Crippen molar-refractivity contribution in [3.63, 3.8) is 0 Å². The van der Waals surface area contributed by atoms with Crippen LogP contribution in [-0.2, 0) is 11.3 Å². The molecule has 98 valence electrons. The van der Waals surface area contributed by atoms with E-state index in [0.29, 0.717) is 0 Å². The maximum atomic E-state index is 5.02. The second-order valence-electron chi connectivity index (χ2n) is 3.94. The molecule has 7 heteroatoms. The third kappa shape index (κ3) is 2.73. The topological polar surface area (TPSA) is 77.8 Å². The van der Waals surface area contributed by atoms with Gasteiger partial charge in [0.1, 0.15) is 6.33 Å². The van der Waals surface area contributed by atoms with E-state index >= 15 is 0 Å². The summed E-state index contributed by atoms with van der Waals surface area (Å²) in [5, 5.41) is 11.4. The Hall–Kier alpha value is -1.76. The monoisotopic (exact) mass is 250 g/mol. The number of hydrogen-bond donors (Lipinski definition) is 1. The number of fused-ring (bicyclic) bond motifs is 1. The van der Waals surface area contributed by atoms with E-state index in [9.17, 15) is 0 Å². The Morgan fingerprint density at radius 1 is 1.33 bits per heavy atom. The molecule has 0 aliphatic carbocycles. The van der Waals surface area contributed by atoms with E-state index < -0.39 is 0 Å². The molecule has 0 aliphatic rings. The lowest BCUT2D eigenvalue weighted by molar-refractivity contribution is 0.191. The highest BCUT2D eigenvalue weighted by molar-refractivity contribution is 5.81. The van der Waals surface area contributed by atoms with E-state index in [1.807, 2.05) is 11.6 Å². The van der Waals surface area contributed by atoms with Gasteiger partial charge in [0, 0.05) is 26.8 Å². The Kier molecular flexibility index (Phi) is 4.40. The lowest BCUT2D eigenvalue weighted by Crippen LogP contribution is -2.04. The van der Waals surface area contributed by atoms with Crippen molar-refractivity contribution in [3.8, 4) is 0 Å². The van der Waals surface area contributed by atoms with Gasteiger partial charge in [-0.25, -0.2) is 14.6 Å². The van der Waals surface area contributed by atoms with E-state index in [4.69, 9.17) is 4.74 Å². The first-order valence-corrected chi connectivity index (χ1v) is 6.13. The molecule has 0 spiro atoms. The lowest BCUT2D eigenvalue weighted by atomic mass is 10.3. The zero-order valence-corrected chi connectivity index (χ0v) is 10.8. The molecular formula is C11H18N6O. The van der Waals surface area contributed by atoms with Crippen LogP contribution in [-0.4, -0.2) is 45.2 Å². The molecule has 1 N–H and O–H groups in total. The van der Waals surface area contributed by atoms with Gasteiger partial charge in [0.25, 0.3) is 0 Å². The Balaban J connectivity index is 2.12. The molecule has 2 heterocycles. The zero-order valence-electron chi connectivity index (χ0n) is 10.8. The molecule has 0 aliphatic heterocycles. The largest absolute Gasteiger partial charge is 0.385 e. The van der Waals surface area contributed by atoms with Gasteiger partial charge in [-0.1, -0.05) is 5.21 Å². The summed E-state index contributed by atoms with van der Waals surface area (Å²) in [4.78, 5) is 8.40. The first-order valence-electron chi connectivity index (χ1n) is 6.13. The highest BCUT2D eigenvalue weighted by atomic mass is 16.5. The van der Waals surface area contributed by atoms with Crippen LogP contribution >= 0.6 is 0 Å². The maximum absolute atomic E-state index is 5.02. The molecular weight excluding hydrogens is 232 g/mol. The molecule has 2 aromatic heterocycles. The highest BCUT2D eigenvalue weighted by Gasteiger charge is 2.10. The van der Waals surface area contributed by atoms with Crippen LogP contribution in [0.1, 0.15) is 19.8 Å². The van der Waals surface area contributed by atoms with Crippen molar-refractivity contribution in [3.05, 3.63) is 6.33 Å². The standard InChI is InChI=1S/C11H18N6O/c1-3-12-10-9-11(14-8-13-10)17(16-15-9)6-4-5-7-18-2/h8H,3-7H2,1-2H3,(H,12,13,14). The molecule has 0 amide bonds. The minimum Gasteiger partial charge on any atom is -0.385 e. The van der Waals surface area contributed by atoms with Gasteiger partial charge in [-0.05, 0) is 19.8 Å². The van der Waals surface area contributed by atoms with Crippen LogP contribution in [0.3, 0.4) is 0 Å². The zero-order chi connectivity index (χ0) is 12.8. The molecule has 0 aromatic carbocycles. The van der Waals surface area contributed by atoms with Gasteiger partial charge in [-0.15, -0.1) is 5.10 Å². The molecule has 0 saturated carbocycles. The smallest absolute Gasteiger partial charge is 0.183 e. The fourth-order valence-electron chi connectivity index (χ4n) is 1.75. The molecule has 0 fully saturated rings. The van der Waals surface area contributed by atoms with Gasteiger partial charge in [-0.2, -0.15) is 0 Å². The Morgan fingerprint density at radius 2 is 2.22 bits per heavy atom. The number of unbranched alkanes of at least 4 members (excludes halogenated alkanes) is 1. The number of hydrogen-bond acceptors (Lipinski definition) is 6. The van der Waals surface area contributed by atoms with Crippen molar-refractivity contribution < 1.29 is 4.74 Å². The Morgan fingerprint density at radius 3 is 3.00 bits per heavy atom. The van der Waals surface area contributed by atoms with E-state index in [0.717, 1.165) is 49.5 Å². The Labute approximate surface area is 106 Å². The van der Waals surface area contributed by atoms with Crippen molar-refractivity contribution in [1.82, 2.24) is 25.0 Å². The summed E-state index contributed by atoms with van der Waals surface area (Å²) in [6.07, 6.45) is 3.53. The van der Waals surface area contributed by atoms with Crippen LogP contribution in [0.2, 0.25) is 0 Å². The maximum Gasteiger partial charge on any atom is 0.183 e. The molecule has 0 bridgehead atoms. The summed E-state index contributed by atoms with van der Waals surface area (Å²) in [6.45, 7) is 4.38. The van der Waals surface area contributed by atoms with E-state index in [-0.39, 0.29) is 0 Å². The van der Waals surface area contributed by atoms with Gasteiger partial charge in [0.05, 0.1) is 0 Å². The molecule has 2 aromatic rings. The Bertz CT molecular complexity index is 497. The lowest BCUT2D eigenvalue weighted by Gasteiger charge is -2.03. The normalized spacial score (nSPS) is 11.0. The molecule has 7 nitrogen and oxygen atoms in total. The van der Waals surface area contributed by atoms with E-state index in [2.05, 4.69) is 25.6 Å². The average molecular weight is 250 g/mol. The summed E-state index contributed by atoms with van der Waals surface area (Å²) >= 11 is 0. The fourth-order valence-corrected chi connectivity index (χ4v) is 1.75.